The minimum Gasteiger partial charge on any atom is -0.461 e. The number of halogens is 2. The van der Waals surface area contributed by atoms with E-state index in [1.54, 1.807) is 25.1 Å². The van der Waals surface area contributed by atoms with E-state index in [9.17, 15) is 14.0 Å². The number of benzene rings is 2. The monoisotopic (exact) mass is 444 g/mol. The maximum atomic E-state index is 13.3. The number of fused-ring (bicyclic) bond motifs is 1. The second-order valence-electron chi connectivity index (χ2n) is 6.09. The van der Waals surface area contributed by atoms with Gasteiger partial charge in [0.25, 0.3) is 5.91 Å². The Morgan fingerprint density at radius 1 is 1.23 bits per heavy atom. The summed E-state index contributed by atoms with van der Waals surface area (Å²) in [5, 5.41) is 7.70. The van der Waals surface area contributed by atoms with Gasteiger partial charge >= 0.3 is 5.97 Å². The van der Waals surface area contributed by atoms with Crippen molar-refractivity contribution in [1.29, 1.82) is 0 Å². The van der Waals surface area contributed by atoms with Crippen LogP contribution in [0.4, 0.5) is 9.52 Å². The molecule has 30 heavy (non-hydrogen) atoms. The average Bonchev–Trinajstić information content (AvgIpc) is 3.27. The molecule has 0 saturated heterocycles. The van der Waals surface area contributed by atoms with E-state index in [1.165, 1.54) is 35.0 Å². The third-order valence-corrected chi connectivity index (χ3v) is 5.27. The van der Waals surface area contributed by atoms with Crippen molar-refractivity contribution in [2.24, 2.45) is 0 Å². The van der Waals surface area contributed by atoms with Gasteiger partial charge in [0.2, 0.25) is 0 Å². The summed E-state index contributed by atoms with van der Waals surface area (Å²) in [5.41, 5.74) is 1.29. The van der Waals surface area contributed by atoms with Gasteiger partial charge in [0.05, 0.1) is 12.3 Å². The number of carbonyl (C=O) groups is 2. The van der Waals surface area contributed by atoms with E-state index in [4.69, 9.17) is 16.3 Å². The topological polar surface area (TPSA) is 86.1 Å². The smallest absolute Gasteiger partial charge is 0.360 e. The minimum atomic E-state index is -0.611. The van der Waals surface area contributed by atoms with E-state index < -0.39 is 17.7 Å². The minimum absolute atomic E-state index is 0.0666. The van der Waals surface area contributed by atoms with Gasteiger partial charge in [-0.15, -0.1) is 0 Å². The standard InChI is InChI=1S/C20H14ClFN4O3S/c1-2-29-19(28)15-16-17(26(25-15)14-8-6-13(22)7-9-14)23-20(30-16)24-18(27)11-4-3-5-12(21)10-11/h3-10H,2H2,1H3,(H,23,24,27). The van der Waals surface area contributed by atoms with Crippen LogP contribution in [-0.2, 0) is 4.74 Å². The highest BCUT2D eigenvalue weighted by Gasteiger charge is 2.24. The van der Waals surface area contributed by atoms with Crippen molar-refractivity contribution in [1.82, 2.24) is 14.8 Å². The normalized spacial score (nSPS) is 10.9. The summed E-state index contributed by atoms with van der Waals surface area (Å²) in [6.07, 6.45) is 0. The van der Waals surface area contributed by atoms with Gasteiger partial charge in [-0.1, -0.05) is 29.0 Å². The van der Waals surface area contributed by atoms with Gasteiger partial charge in [0, 0.05) is 10.6 Å². The van der Waals surface area contributed by atoms with E-state index in [2.05, 4.69) is 15.4 Å². The molecule has 7 nitrogen and oxygen atoms in total. The van der Waals surface area contributed by atoms with Crippen LogP contribution < -0.4 is 5.32 Å². The van der Waals surface area contributed by atoms with Crippen LogP contribution in [0.1, 0.15) is 27.8 Å². The molecule has 0 aliphatic rings. The lowest BCUT2D eigenvalue weighted by Gasteiger charge is -2.03. The van der Waals surface area contributed by atoms with Gasteiger partial charge in [0.15, 0.2) is 16.5 Å². The fourth-order valence-corrected chi connectivity index (χ4v) is 3.85. The van der Waals surface area contributed by atoms with Crippen molar-refractivity contribution in [3.05, 3.63) is 70.6 Å². The zero-order valence-electron chi connectivity index (χ0n) is 15.6. The van der Waals surface area contributed by atoms with Crippen molar-refractivity contribution in [3.63, 3.8) is 0 Å². The molecule has 2 aromatic carbocycles. The highest BCUT2D eigenvalue weighted by Crippen LogP contribution is 2.31. The lowest BCUT2D eigenvalue weighted by Crippen LogP contribution is -2.11. The van der Waals surface area contributed by atoms with E-state index in [1.807, 2.05) is 0 Å². The number of esters is 1. The predicted octanol–water partition coefficient (Wildman–Crippen LogP) is 4.70. The number of anilines is 1. The van der Waals surface area contributed by atoms with Gasteiger partial charge in [-0.2, -0.15) is 10.1 Å². The number of hydrogen-bond donors (Lipinski definition) is 1. The number of nitrogens with zero attached hydrogens (tertiary/aromatic N) is 3. The Hall–Kier alpha value is -3.30. The van der Waals surface area contributed by atoms with Gasteiger partial charge < -0.3 is 4.74 Å². The molecule has 0 unspecified atom stereocenters. The second kappa shape index (κ2) is 8.21. The van der Waals surface area contributed by atoms with Crippen LogP contribution >= 0.6 is 22.9 Å². The van der Waals surface area contributed by atoms with Crippen molar-refractivity contribution in [2.75, 3.05) is 11.9 Å². The van der Waals surface area contributed by atoms with E-state index >= 15 is 0 Å². The molecule has 1 N–H and O–H groups in total. The number of hydrogen-bond acceptors (Lipinski definition) is 6. The molecule has 0 radical (unpaired) electrons. The van der Waals surface area contributed by atoms with Crippen molar-refractivity contribution in [3.8, 4) is 5.69 Å². The molecule has 2 aromatic heterocycles. The van der Waals surface area contributed by atoms with Gasteiger partial charge in [0.1, 0.15) is 10.5 Å². The number of thiazole rings is 1. The molecule has 0 saturated carbocycles. The quantitative estimate of drug-likeness (QED) is 0.451. The first-order chi connectivity index (χ1) is 14.5. The number of nitrogens with one attached hydrogen (secondary N) is 1. The first-order valence-electron chi connectivity index (χ1n) is 8.86. The molecule has 0 aliphatic heterocycles. The van der Waals surface area contributed by atoms with Crippen LogP contribution in [-0.4, -0.2) is 33.2 Å². The Bertz CT molecular complexity index is 1250. The predicted molar refractivity (Wildman–Crippen MR) is 112 cm³/mol. The Morgan fingerprint density at radius 2 is 2.00 bits per heavy atom. The summed E-state index contributed by atoms with van der Waals surface area (Å²) < 4.78 is 20.2. The van der Waals surface area contributed by atoms with Crippen LogP contribution in [0.15, 0.2) is 48.5 Å². The molecule has 4 rings (SSSR count). The summed E-state index contributed by atoms with van der Waals surface area (Å²) >= 11 is 7.03. The SMILES string of the molecule is CCOC(=O)c1nn(-c2ccc(F)cc2)c2nc(NC(=O)c3cccc(Cl)c3)sc12. The Kier molecular flexibility index (Phi) is 5.47. The van der Waals surface area contributed by atoms with Crippen LogP contribution in [0.2, 0.25) is 5.02 Å². The molecule has 1 amide bonds. The lowest BCUT2D eigenvalue weighted by atomic mass is 10.2. The molecule has 2 heterocycles. The fraction of sp³-hybridized carbons (Fsp3) is 0.100. The molecule has 10 heteroatoms. The molecule has 0 aliphatic carbocycles. The second-order valence-corrected chi connectivity index (χ2v) is 7.53. The summed E-state index contributed by atoms with van der Waals surface area (Å²) in [7, 11) is 0. The van der Waals surface area contributed by atoms with Crippen LogP contribution in [0, 0.1) is 5.82 Å². The largest absolute Gasteiger partial charge is 0.461 e. The van der Waals surface area contributed by atoms with Gasteiger partial charge in [-0.3, -0.25) is 10.1 Å². The Morgan fingerprint density at radius 3 is 2.70 bits per heavy atom. The molecular weight excluding hydrogens is 431 g/mol. The molecular formula is C20H14ClFN4O3S. The summed E-state index contributed by atoms with van der Waals surface area (Å²) in [4.78, 5) is 29.3. The lowest BCUT2D eigenvalue weighted by molar-refractivity contribution is 0.0521. The number of aromatic nitrogens is 3. The summed E-state index contributed by atoms with van der Waals surface area (Å²) in [5.74, 6) is -1.41. The zero-order valence-corrected chi connectivity index (χ0v) is 17.1. The fourth-order valence-electron chi connectivity index (χ4n) is 2.75. The number of ether oxygens (including phenoxy) is 1. The van der Waals surface area contributed by atoms with Crippen LogP contribution in [0.25, 0.3) is 16.0 Å². The van der Waals surface area contributed by atoms with Crippen LogP contribution in [0.3, 0.4) is 0 Å². The summed E-state index contributed by atoms with van der Waals surface area (Å²) in [6.45, 7) is 1.87. The molecule has 0 fully saturated rings. The Balaban J connectivity index is 1.75. The molecule has 0 spiro atoms. The van der Waals surface area contributed by atoms with Gasteiger partial charge in [-0.05, 0) is 49.4 Å². The number of carbonyl (C=O) groups excluding carboxylic acids is 2. The summed E-state index contributed by atoms with van der Waals surface area (Å²) in [6, 6.07) is 12.1. The van der Waals surface area contributed by atoms with Gasteiger partial charge in [-0.25, -0.2) is 13.9 Å². The van der Waals surface area contributed by atoms with Crippen molar-refractivity contribution >= 4 is 50.3 Å². The van der Waals surface area contributed by atoms with Crippen molar-refractivity contribution in [2.45, 2.75) is 6.92 Å². The molecule has 152 valence electrons. The number of amides is 1. The highest BCUT2D eigenvalue weighted by atomic mass is 35.5. The first-order valence-corrected chi connectivity index (χ1v) is 10.0. The number of rotatable bonds is 5. The molecule has 0 atom stereocenters. The van der Waals surface area contributed by atoms with E-state index in [0.29, 0.717) is 26.6 Å². The average molecular weight is 445 g/mol. The third kappa shape index (κ3) is 3.89. The third-order valence-electron chi connectivity index (χ3n) is 4.07. The maximum absolute atomic E-state index is 13.3. The highest BCUT2D eigenvalue weighted by molar-refractivity contribution is 7.22. The Labute approximate surface area is 179 Å². The maximum Gasteiger partial charge on any atom is 0.360 e. The first kappa shape index (κ1) is 20.0. The molecule has 4 aromatic rings. The van der Waals surface area contributed by atoms with Crippen LogP contribution in [0.5, 0.6) is 0 Å². The zero-order chi connectivity index (χ0) is 21.3. The van der Waals surface area contributed by atoms with Crippen molar-refractivity contribution < 1.29 is 18.7 Å². The molecule has 0 bridgehead atoms. The van der Waals surface area contributed by atoms with E-state index in [-0.39, 0.29) is 17.4 Å². The van der Waals surface area contributed by atoms with E-state index in [0.717, 1.165) is 11.3 Å².